The van der Waals surface area contributed by atoms with Crippen molar-refractivity contribution < 1.29 is 9.47 Å². The summed E-state index contributed by atoms with van der Waals surface area (Å²) >= 11 is 6.34. The number of methoxy groups -OCH3 is 2. The van der Waals surface area contributed by atoms with Crippen LogP contribution in [-0.2, 0) is 16.0 Å². The zero-order valence-corrected chi connectivity index (χ0v) is 13.5. The molecule has 0 fully saturated rings. The van der Waals surface area contributed by atoms with E-state index in [2.05, 4.69) is 29.3 Å². The standard InChI is InChI=1S/C15H25ClN2O2/c1-12(11-20-4)18(7-8-19-3)14-6-5-13(10-17-2)15(16)9-14/h5-6,9,12,17H,7-8,10-11H2,1-4H3. The van der Waals surface area contributed by atoms with Gasteiger partial charge >= 0.3 is 0 Å². The lowest BCUT2D eigenvalue weighted by atomic mass is 10.1. The first-order chi connectivity index (χ1) is 9.63. The van der Waals surface area contributed by atoms with Crippen LogP contribution in [0.15, 0.2) is 18.2 Å². The van der Waals surface area contributed by atoms with Crippen LogP contribution in [0.3, 0.4) is 0 Å². The Morgan fingerprint density at radius 1 is 1.30 bits per heavy atom. The van der Waals surface area contributed by atoms with Gasteiger partial charge in [0.05, 0.1) is 13.2 Å². The third kappa shape index (κ3) is 4.94. The van der Waals surface area contributed by atoms with E-state index in [1.165, 1.54) is 0 Å². The Morgan fingerprint density at radius 3 is 2.60 bits per heavy atom. The molecule has 1 unspecified atom stereocenters. The smallest absolute Gasteiger partial charge is 0.0663 e. The lowest BCUT2D eigenvalue weighted by Gasteiger charge is -2.31. The summed E-state index contributed by atoms with van der Waals surface area (Å²) in [6.07, 6.45) is 0. The Hall–Kier alpha value is -0.810. The Bertz CT molecular complexity index is 401. The molecule has 0 spiro atoms. The number of anilines is 1. The van der Waals surface area contributed by atoms with Gasteiger partial charge in [0.2, 0.25) is 0 Å². The van der Waals surface area contributed by atoms with Crippen LogP contribution in [0, 0.1) is 0 Å². The molecule has 1 aromatic carbocycles. The van der Waals surface area contributed by atoms with Gasteiger partial charge in [-0.3, -0.25) is 0 Å². The van der Waals surface area contributed by atoms with Gasteiger partial charge in [-0.1, -0.05) is 17.7 Å². The molecule has 4 nitrogen and oxygen atoms in total. The van der Waals surface area contributed by atoms with Gasteiger partial charge in [0.15, 0.2) is 0 Å². The number of halogens is 1. The Balaban J connectivity index is 2.91. The van der Waals surface area contributed by atoms with Gasteiger partial charge in [-0.2, -0.15) is 0 Å². The molecule has 0 aliphatic heterocycles. The summed E-state index contributed by atoms with van der Waals surface area (Å²) < 4.78 is 10.4. The van der Waals surface area contributed by atoms with Gasteiger partial charge in [0.25, 0.3) is 0 Å². The van der Waals surface area contributed by atoms with Crippen molar-refractivity contribution in [1.29, 1.82) is 0 Å². The summed E-state index contributed by atoms with van der Waals surface area (Å²) in [6, 6.07) is 6.44. The first-order valence-corrected chi connectivity index (χ1v) is 7.19. The first kappa shape index (κ1) is 17.2. The number of benzene rings is 1. The highest BCUT2D eigenvalue weighted by atomic mass is 35.5. The fourth-order valence-electron chi connectivity index (χ4n) is 2.17. The minimum absolute atomic E-state index is 0.265. The molecule has 0 aliphatic carbocycles. The summed E-state index contributed by atoms with van der Waals surface area (Å²) in [6.45, 7) is 5.05. The molecule has 1 rings (SSSR count). The van der Waals surface area contributed by atoms with Gasteiger partial charge in [0, 0.05) is 44.1 Å². The van der Waals surface area contributed by atoms with Gasteiger partial charge in [-0.25, -0.2) is 0 Å². The molecule has 1 atom stereocenters. The molecular weight excluding hydrogens is 276 g/mol. The zero-order valence-electron chi connectivity index (χ0n) is 12.8. The van der Waals surface area contributed by atoms with Crippen LogP contribution in [0.2, 0.25) is 5.02 Å². The third-order valence-electron chi connectivity index (χ3n) is 3.21. The van der Waals surface area contributed by atoms with Crippen LogP contribution in [-0.4, -0.2) is 47.1 Å². The molecule has 0 bridgehead atoms. The maximum absolute atomic E-state index is 6.34. The quantitative estimate of drug-likeness (QED) is 0.760. The monoisotopic (exact) mass is 300 g/mol. The Labute approximate surface area is 127 Å². The number of ether oxygens (including phenoxy) is 2. The second-order valence-electron chi connectivity index (χ2n) is 4.80. The first-order valence-electron chi connectivity index (χ1n) is 6.81. The minimum Gasteiger partial charge on any atom is -0.383 e. The number of nitrogens with one attached hydrogen (secondary N) is 1. The van der Waals surface area contributed by atoms with Crippen molar-refractivity contribution in [3.63, 3.8) is 0 Å². The molecule has 1 N–H and O–H groups in total. The molecule has 1 aromatic rings. The van der Waals surface area contributed by atoms with Crippen molar-refractivity contribution in [2.24, 2.45) is 0 Å². The van der Waals surface area contributed by atoms with Crippen molar-refractivity contribution in [2.75, 3.05) is 45.9 Å². The van der Waals surface area contributed by atoms with Crippen LogP contribution >= 0.6 is 11.6 Å². The van der Waals surface area contributed by atoms with E-state index in [0.717, 1.165) is 29.4 Å². The Morgan fingerprint density at radius 2 is 2.05 bits per heavy atom. The highest BCUT2D eigenvalue weighted by Crippen LogP contribution is 2.25. The highest BCUT2D eigenvalue weighted by molar-refractivity contribution is 6.31. The van der Waals surface area contributed by atoms with E-state index in [1.807, 2.05) is 13.1 Å². The molecule has 0 saturated heterocycles. The van der Waals surface area contributed by atoms with Crippen molar-refractivity contribution in [3.05, 3.63) is 28.8 Å². The molecule has 0 saturated carbocycles. The largest absolute Gasteiger partial charge is 0.383 e. The van der Waals surface area contributed by atoms with E-state index in [1.54, 1.807) is 14.2 Å². The predicted molar refractivity (Wildman–Crippen MR) is 84.8 cm³/mol. The topological polar surface area (TPSA) is 33.7 Å². The normalized spacial score (nSPS) is 12.4. The van der Waals surface area contributed by atoms with Crippen LogP contribution in [0.1, 0.15) is 12.5 Å². The number of hydrogen-bond acceptors (Lipinski definition) is 4. The van der Waals surface area contributed by atoms with E-state index >= 15 is 0 Å². The van der Waals surface area contributed by atoms with E-state index in [4.69, 9.17) is 21.1 Å². The summed E-state index contributed by atoms with van der Waals surface area (Å²) in [5, 5.41) is 3.89. The van der Waals surface area contributed by atoms with Crippen molar-refractivity contribution in [3.8, 4) is 0 Å². The number of nitrogens with zero attached hydrogens (tertiary/aromatic N) is 1. The fourth-order valence-corrected chi connectivity index (χ4v) is 2.42. The lowest BCUT2D eigenvalue weighted by Crippen LogP contribution is -2.38. The molecule has 0 amide bonds. The van der Waals surface area contributed by atoms with E-state index < -0.39 is 0 Å². The van der Waals surface area contributed by atoms with Gasteiger partial charge in [-0.15, -0.1) is 0 Å². The molecule has 114 valence electrons. The SMILES string of the molecule is CNCc1ccc(N(CCOC)C(C)COC)cc1Cl. The van der Waals surface area contributed by atoms with Crippen LogP contribution < -0.4 is 10.2 Å². The lowest BCUT2D eigenvalue weighted by molar-refractivity contribution is 0.171. The van der Waals surface area contributed by atoms with E-state index in [-0.39, 0.29) is 6.04 Å². The molecule has 20 heavy (non-hydrogen) atoms. The molecule has 5 heteroatoms. The summed E-state index contributed by atoms with van der Waals surface area (Å²) in [7, 11) is 5.34. The van der Waals surface area contributed by atoms with Crippen LogP contribution in [0.25, 0.3) is 0 Å². The average Bonchev–Trinajstić information content (AvgIpc) is 2.42. The maximum atomic E-state index is 6.34. The molecule has 0 radical (unpaired) electrons. The maximum Gasteiger partial charge on any atom is 0.0663 e. The van der Waals surface area contributed by atoms with Gasteiger partial charge in [0.1, 0.15) is 0 Å². The van der Waals surface area contributed by atoms with Gasteiger partial charge < -0.3 is 19.7 Å². The molecule has 0 heterocycles. The Kier molecular flexibility index (Phi) is 7.92. The summed E-state index contributed by atoms with van der Waals surface area (Å²) in [4.78, 5) is 2.25. The summed E-state index contributed by atoms with van der Waals surface area (Å²) in [5.74, 6) is 0. The number of rotatable bonds is 9. The molecule has 0 aliphatic rings. The predicted octanol–water partition coefficient (Wildman–Crippen LogP) is 2.55. The fraction of sp³-hybridized carbons (Fsp3) is 0.600. The van der Waals surface area contributed by atoms with Crippen molar-refractivity contribution in [2.45, 2.75) is 19.5 Å². The van der Waals surface area contributed by atoms with Crippen LogP contribution in [0.5, 0.6) is 0 Å². The van der Waals surface area contributed by atoms with Crippen molar-refractivity contribution >= 4 is 17.3 Å². The average molecular weight is 301 g/mol. The third-order valence-corrected chi connectivity index (χ3v) is 3.56. The summed E-state index contributed by atoms with van der Waals surface area (Å²) in [5.41, 5.74) is 2.19. The second kappa shape index (κ2) is 9.19. The molecular formula is C15H25ClN2O2. The van der Waals surface area contributed by atoms with Gasteiger partial charge in [-0.05, 0) is 31.7 Å². The zero-order chi connectivity index (χ0) is 15.0. The highest BCUT2D eigenvalue weighted by Gasteiger charge is 2.15. The van der Waals surface area contributed by atoms with E-state index in [9.17, 15) is 0 Å². The van der Waals surface area contributed by atoms with Crippen molar-refractivity contribution in [1.82, 2.24) is 5.32 Å². The van der Waals surface area contributed by atoms with Crippen LogP contribution in [0.4, 0.5) is 5.69 Å². The second-order valence-corrected chi connectivity index (χ2v) is 5.20. The minimum atomic E-state index is 0.265. The molecule has 0 aromatic heterocycles. The van der Waals surface area contributed by atoms with E-state index in [0.29, 0.717) is 13.2 Å². The number of hydrogen-bond donors (Lipinski definition) is 1.